The molecule has 0 N–H and O–H groups in total. The first kappa shape index (κ1) is 23.2. The van der Waals surface area contributed by atoms with Crippen LogP contribution < -0.4 is 9.47 Å². The van der Waals surface area contributed by atoms with Gasteiger partial charge in [0.15, 0.2) is 0 Å². The van der Waals surface area contributed by atoms with E-state index in [0.29, 0.717) is 6.61 Å². The zero-order chi connectivity index (χ0) is 20.4. The van der Waals surface area contributed by atoms with Gasteiger partial charge < -0.3 is 9.47 Å². The predicted molar refractivity (Wildman–Crippen MR) is 129 cm³/mol. The van der Waals surface area contributed by atoms with E-state index in [2.05, 4.69) is 47.4 Å². The van der Waals surface area contributed by atoms with Crippen molar-refractivity contribution in [2.24, 2.45) is 5.92 Å². The normalized spacial score (nSPS) is 14.6. The molecule has 0 aromatic heterocycles. The van der Waals surface area contributed by atoms with Crippen LogP contribution in [0.2, 0.25) is 0 Å². The standard InChI is InChI=1S/C27H31NO2.ClH/c1-3-7-23(8-4-1)21-24-15-17-28(18-16-24)19-20-29-26-11-13-27(14-12-26)30-22-25-9-5-2-6-10-25;/h1-14,24H,15-22H2;1H. The van der Waals surface area contributed by atoms with E-state index in [0.717, 1.165) is 30.6 Å². The maximum absolute atomic E-state index is 5.95. The monoisotopic (exact) mass is 437 g/mol. The Balaban J connectivity index is 0.00000272. The molecule has 31 heavy (non-hydrogen) atoms. The Morgan fingerprint density at radius 2 is 1.23 bits per heavy atom. The van der Waals surface area contributed by atoms with Crippen LogP contribution in [0.25, 0.3) is 0 Å². The Labute approximate surface area is 192 Å². The molecule has 3 nitrogen and oxygen atoms in total. The summed E-state index contributed by atoms with van der Waals surface area (Å²) in [6.45, 7) is 4.65. The first-order valence-electron chi connectivity index (χ1n) is 11.0. The van der Waals surface area contributed by atoms with Gasteiger partial charge in [-0.2, -0.15) is 0 Å². The predicted octanol–water partition coefficient (Wildman–Crippen LogP) is 6.02. The molecule has 1 heterocycles. The molecule has 3 aromatic rings. The summed E-state index contributed by atoms with van der Waals surface area (Å²) in [5.74, 6) is 2.58. The van der Waals surface area contributed by atoms with Crippen LogP contribution in [0.15, 0.2) is 84.9 Å². The first-order valence-corrected chi connectivity index (χ1v) is 11.0. The summed E-state index contributed by atoms with van der Waals surface area (Å²) in [4.78, 5) is 2.53. The molecule has 1 saturated heterocycles. The highest BCUT2D eigenvalue weighted by Gasteiger charge is 2.19. The fourth-order valence-electron chi connectivity index (χ4n) is 4.03. The van der Waals surface area contributed by atoms with Crippen LogP contribution in [0.4, 0.5) is 0 Å². The maximum atomic E-state index is 5.95. The van der Waals surface area contributed by atoms with E-state index in [4.69, 9.17) is 9.47 Å². The molecule has 1 aliphatic heterocycles. The second-order valence-electron chi connectivity index (χ2n) is 8.07. The summed E-state index contributed by atoms with van der Waals surface area (Å²) >= 11 is 0. The minimum Gasteiger partial charge on any atom is -0.492 e. The van der Waals surface area contributed by atoms with Crippen molar-refractivity contribution < 1.29 is 9.47 Å². The highest BCUT2D eigenvalue weighted by atomic mass is 35.5. The van der Waals surface area contributed by atoms with Crippen molar-refractivity contribution in [1.29, 1.82) is 0 Å². The topological polar surface area (TPSA) is 21.7 Å². The van der Waals surface area contributed by atoms with E-state index < -0.39 is 0 Å². The van der Waals surface area contributed by atoms with Gasteiger partial charge in [-0.05, 0) is 73.7 Å². The van der Waals surface area contributed by atoms with Crippen LogP contribution in [-0.4, -0.2) is 31.1 Å². The molecule has 0 bridgehead atoms. The zero-order valence-corrected chi connectivity index (χ0v) is 18.8. The summed E-state index contributed by atoms with van der Waals surface area (Å²) in [5, 5.41) is 0. The van der Waals surface area contributed by atoms with Crippen LogP contribution in [-0.2, 0) is 13.0 Å². The van der Waals surface area contributed by atoms with Crippen molar-refractivity contribution in [2.75, 3.05) is 26.2 Å². The Morgan fingerprint density at radius 1 is 0.677 bits per heavy atom. The number of hydrogen-bond acceptors (Lipinski definition) is 3. The molecule has 164 valence electrons. The van der Waals surface area contributed by atoms with Crippen molar-refractivity contribution in [3.63, 3.8) is 0 Å². The van der Waals surface area contributed by atoms with Crippen molar-refractivity contribution in [3.8, 4) is 11.5 Å². The van der Waals surface area contributed by atoms with E-state index in [-0.39, 0.29) is 12.4 Å². The van der Waals surface area contributed by atoms with E-state index in [1.54, 1.807) is 0 Å². The van der Waals surface area contributed by atoms with Crippen LogP contribution in [0.3, 0.4) is 0 Å². The van der Waals surface area contributed by atoms with Gasteiger partial charge in [-0.1, -0.05) is 60.7 Å². The van der Waals surface area contributed by atoms with Crippen LogP contribution in [0, 0.1) is 5.92 Å². The third-order valence-electron chi connectivity index (χ3n) is 5.82. The average Bonchev–Trinajstić information content (AvgIpc) is 2.81. The lowest BCUT2D eigenvalue weighted by Gasteiger charge is -2.31. The lowest BCUT2D eigenvalue weighted by molar-refractivity contribution is 0.155. The second kappa shape index (κ2) is 12.4. The molecule has 0 saturated carbocycles. The molecule has 0 atom stereocenters. The number of ether oxygens (including phenoxy) is 2. The van der Waals surface area contributed by atoms with E-state index in [1.807, 2.05) is 42.5 Å². The van der Waals surface area contributed by atoms with Crippen LogP contribution in [0.1, 0.15) is 24.0 Å². The van der Waals surface area contributed by atoms with Gasteiger partial charge in [-0.15, -0.1) is 12.4 Å². The SMILES string of the molecule is Cl.c1ccc(COc2ccc(OCCN3CCC(Cc4ccccc4)CC3)cc2)cc1. The minimum absolute atomic E-state index is 0. The maximum Gasteiger partial charge on any atom is 0.120 e. The molecular formula is C27H32ClNO2. The Bertz CT molecular complexity index is 863. The quantitative estimate of drug-likeness (QED) is 0.408. The summed E-state index contributed by atoms with van der Waals surface area (Å²) in [5.41, 5.74) is 2.64. The smallest absolute Gasteiger partial charge is 0.120 e. The summed E-state index contributed by atoms with van der Waals surface area (Å²) in [6, 6.07) is 29.0. The zero-order valence-electron chi connectivity index (χ0n) is 18.0. The molecule has 0 aliphatic carbocycles. The summed E-state index contributed by atoms with van der Waals surface area (Å²) < 4.78 is 11.8. The number of nitrogens with zero attached hydrogens (tertiary/aromatic N) is 1. The van der Waals surface area contributed by atoms with Gasteiger partial charge in [0, 0.05) is 6.54 Å². The van der Waals surface area contributed by atoms with Crippen molar-refractivity contribution in [3.05, 3.63) is 96.1 Å². The third kappa shape index (κ3) is 7.61. The molecule has 1 aliphatic rings. The number of likely N-dealkylation sites (tertiary alicyclic amines) is 1. The molecule has 1 fully saturated rings. The average molecular weight is 438 g/mol. The third-order valence-corrected chi connectivity index (χ3v) is 5.82. The highest BCUT2D eigenvalue weighted by Crippen LogP contribution is 2.22. The van der Waals surface area contributed by atoms with Crippen molar-refractivity contribution in [2.45, 2.75) is 25.9 Å². The first-order chi connectivity index (χ1) is 14.8. The molecule has 0 spiro atoms. The van der Waals surface area contributed by atoms with Gasteiger partial charge in [-0.25, -0.2) is 0 Å². The van der Waals surface area contributed by atoms with Gasteiger partial charge in [-0.3, -0.25) is 4.90 Å². The van der Waals surface area contributed by atoms with Gasteiger partial charge in [0.1, 0.15) is 24.7 Å². The highest BCUT2D eigenvalue weighted by molar-refractivity contribution is 5.85. The summed E-state index contributed by atoms with van der Waals surface area (Å²) in [7, 11) is 0. The summed E-state index contributed by atoms with van der Waals surface area (Å²) in [6.07, 6.45) is 3.77. The fourth-order valence-corrected chi connectivity index (χ4v) is 4.03. The van der Waals surface area contributed by atoms with E-state index in [9.17, 15) is 0 Å². The molecule has 3 aromatic carbocycles. The number of benzene rings is 3. The van der Waals surface area contributed by atoms with Crippen molar-refractivity contribution in [1.82, 2.24) is 4.90 Å². The minimum atomic E-state index is 0. The molecule has 0 unspecified atom stereocenters. The van der Waals surface area contributed by atoms with Gasteiger partial charge in [0.25, 0.3) is 0 Å². The Hall–Kier alpha value is -2.49. The Kier molecular flexibility index (Phi) is 9.26. The molecule has 4 rings (SSSR count). The van der Waals surface area contributed by atoms with Gasteiger partial charge >= 0.3 is 0 Å². The van der Waals surface area contributed by atoms with Crippen molar-refractivity contribution >= 4 is 12.4 Å². The molecule has 0 amide bonds. The van der Waals surface area contributed by atoms with Gasteiger partial charge in [0.2, 0.25) is 0 Å². The Morgan fingerprint density at radius 3 is 1.84 bits per heavy atom. The molecule has 0 radical (unpaired) electrons. The second-order valence-corrected chi connectivity index (χ2v) is 8.07. The van der Waals surface area contributed by atoms with E-state index in [1.165, 1.54) is 43.5 Å². The number of rotatable bonds is 9. The van der Waals surface area contributed by atoms with Gasteiger partial charge in [0.05, 0.1) is 0 Å². The molecular weight excluding hydrogens is 406 g/mol. The molecule has 4 heteroatoms. The lowest BCUT2D eigenvalue weighted by atomic mass is 9.90. The number of halogens is 1. The lowest BCUT2D eigenvalue weighted by Crippen LogP contribution is -2.36. The number of piperidine rings is 1. The number of hydrogen-bond donors (Lipinski definition) is 0. The van der Waals surface area contributed by atoms with E-state index >= 15 is 0 Å². The van der Waals surface area contributed by atoms with Crippen LogP contribution in [0.5, 0.6) is 11.5 Å². The fraction of sp³-hybridized carbons (Fsp3) is 0.333. The largest absolute Gasteiger partial charge is 0.492 e. The van der Waals surface area contributed by atoms with Crippen LogP contribution >= 0.6 is 12.4 Å².